The molecule has 0 aliphatic carbocycles. The number of carbonyl (C=O) groups is 1. The first-order valence-electron chi connectivity index (χ1n) is 12.6. The zero-order valence-corrected chi connectivity index (χ0v) is 23.5. The fourth-order valence-electron chi connectivity index (χ4n) is 4.58. The van der Waals surface area contributed by atoms with Crippen LogP contribution in [0.1, 0.15) is 17.5 Å². The third kappa shape index (κ3) is 4.81. The lowest BCUT2D eigenvalue weighted by molar-refractivity contribution is 0.0509. The zero-order chi connectivity index (χ0) is 29.6. The Kier molecular flexibility index (Phi) is 6.81. The third-order valence-corrected chi connectivity index (χ3v) is 7.69. The summed E-state index contributed by atoms with van der Waals surface area (Å²) in [6, 6.07) is 23.6. The van der Waals surface area contributed by atoms with Gasteiger partial charge < -0.3 is 4.74 Å². The van der Waals surface area contributed by atoms with Crippen LogP contribution in [0.5, 0.6) is 0 Å². The molecule has 0 radical (unpaired) electrons. The van der Waals surface area contributed by atoms with Crippen molar-refractivity contribution < 1.29 is 17.9 Å². The molecule has 6 aromatic rings. The number of ether oxygens (including phenoxy) is 1. The molecule has 0 aliphatic heterocycles. The minimum absolute atomic E-state index is 0.0290. The number of nitrogens with zero attached hydrogens (tertiary/aromatic N) is 5. The molecule has 11 nitrogen and oxygen atoms in total. The van der Waals surface area contributed by atoms with Crippen LogP contribution >= 0.6 is 11.6 Å². The lowest BCUT2D eigenvalue weighted by atomic mass is 10.0. The van der Waals surface area contributed by atoms with Gasteiger partial charge in [-0.3, -0.25) is 4.79 Å². The average molecular weight is 601 g/mol. The Bertz CT molecular complexity index is 2160. The number of primary sulfonamides is 1. The highest BCUT2D eigenvalue weighted by atomic mass is 35.5. The predicted octanol–water partition coefficient (Wildman–Crippen LogP) is 4.24. The highest BCUT2D eigenvalue weighted by Crippen LogP contribution is 2.31. The lowest BCUT2D eigenvalue weighted by Crippen LogP contribution is -2.21. The summed E-state index contributed by atoms with van der Waals surface area (Å²) in [5.41, 5.74) is 2.44. The number of benzene rings is 3. The monoisotopic (exact) mass is 600 g/mol. The molecule has 0 spiro atoms. The summed E-state index contributed by atoms with van der Waals surface area (Å²) in [5.74, 6) is -1.17. The second kappa shape index (κ2) is 10.5. The quantitative estimate of drug-likeness (QED) is 0.279. The van der Waals surface area contributed by atoms with Gasteiger partial charge in [0.1, 0.15) is 0 Å². The minimum atomic E-state index is -3.95. The molecule has 0 unspecified atom stereocenters. The van der Waals surface area contributed by atoms with Crippen molar-refractivity contribution in [1.82, 2.24) is 24.1 Å². The van der Waals surface area contributed by atoms with Gasteiger partial charge in [-0.2, -0.15) is 9.67 Å². The van der Waals surface area contributed by atoms with Crippen LogP contribution in [0.4, 0.5) is 0 Å². The summed E-state index contributed by atoms with van der Waals surface area (Å²) in [4.78, 5) is 36.6. The van der Waals surface area contributed by atoms with E-state index in [9.17, 15) is 18.0 Å². The second-order valence-electron chi connectivity index (χ2n) is 9.17. The van der Waals surface area contributed by atoms with Crippen molar-refractivity contribution in [3.63, 3.8) is 0 Å². The molecule has 42 heavy (non-hydrogen) atoms. The summed E-state index contributed by atoms with van der Waals surface area (Å²) in [7, 11) is -3.95. The minimum Gasteiger partial charge on any atom is -0.460 e. The van der Waals surface area contributed by atoms with E-state index in [0.29, 0.717) is 22.0 Å². The fraction of sp³-hybridized carbons (Fsp3) is 0.0690. The number of hydrogen-bond donors (Lipinski definition) is 1. The molecule has 3 heterocycles. The van der Waals surface area contributed by atoms with Gasteiger partial charge in [-0.15, -0.1) is 5.10 Å². The van der Waals surface area contributed by atoms with Crippen LogP contribution in [-0.2, 0) is 14.8 Å². The zero-order valence-electron chi connectivity index (χ0n) is 21.9. The molecule has 0 aliphatic rings. The van der Waals surface area contributed by atoms with Gasteiger partial charge in [-0.05, 0) is 55.0 Å². The largest absolute Gasteiger partial charge is 0.460 e. The number of hydrogen-bond acceptors (Lipinski definition) is 8. The summed E-state index contributed by atoms with van der Waals surface area (Å²) >= 11 is 6.10. The summed E-state index contributed by atoms with van der Waals surface area (Å²) in [5, 5.41) is 10.3. The molecule has 0 saturated carbocycles. The maximum atomic E-state index is 14.2. The normalized spacial score (nSPS) is 11.7. The highest BCUT2D eigenvalue weighted by Gasteiger charge is 2.25. The third-order valence-electron chi connectivity index (χ3n) is 6.51. The number of carbonyl (C=O) groups excluding carboxylic acids is 1. The number of aromatic nitrogens is 5. The smallest absolute Gasteiger partial charge is 0.376 e. The van der Waals surface area contributed by atoms with E-state index in [-0.39, 0.29) is 34.1 Å². The number of nitrogens with two attached hydrogens (primary N) is 1. The van der Waals surface area contributed by atoms with E-state index in [1.807, 2.05) is 42.5 Å². The second-order valence-corrected chi connectivity index (χ2v) is 11.2. The van der Waals surface area contributed by atoms with Crippen LogP contribution in [0.15, 0.2) is 94.6 Å². The molecule has 13 heteroatoms. The summed E-state index contributed by atoms with van der Waals surface area (Å²) in [6.45, 7) is 1.68. The predicted molar refractivity (Wildman–Crippen MR) is 157 cm³/mol. The Morgan fingerprint density at radius 2 is 1.64 bits per heavy atom. The first-order chi connectivity index (χ1) is 20.2. The standard InChI is InChI=1S/C29H21ClN6O5S/c1-2-41-28(38)26-34-36(20-12-14-21(15-13-20)42(31,39)40)29-33-25-24(27(37)35(26)29)22(17-6-4-3-5-7-17)16-23(32-25)18-8-10-19(30)11-9-18/h3-16H,2H2,1H3,(H2,31,39,40). The Morgan fingerprint density at radius 1 is 0.952 bits per heavy atom. The van der Waals surface area contributed by atoms with E-state index in [1.165, 1.54) is 28.9 Å². The topological polar surface area (TPSA) is 152 Å². The SMILES string of the molecule is CCOC(=O)c1nn(-c2ccc(S(N)(=O)=O)cc2)c2nc3nc(-c4ccc(Cl)cc4)cc(-c4ccccc4)c3c(=O)n12. The van der Waals surface area contributed by atoms with Gasteiger partial charge in [0.05, 0.1) is 28.3 Å². The van der Waals surface area contributed by atoms with Gasteiger partial charge in [-0.1, -0.05) is 54.1 Å². The van der Waals surface area contributed by atoms with Crippen molar-refractivity contribution in [1.29, 1.82) is 0 Å². The van der Waals surface area contributed by atoms with E-state index >= 15 is 0 Å². The van der Waals surface area contributed by atoms with Crippen LogP contribution in [0.2, 0.25) is 5.02 Å². The molecule has 0 amide bonds. The molecular weight excluding hydrogens is 580 g/mol. The van der Waals surface area contributed by atoms with Gasteiger partial charge in [-0.25, -0.2) is 27.7 Å². The van der Waals surface area contributed by atoms with E-state index in [2.05, 4.69) is 5.10 Å². The number of fused-ring (bicyclic) bond motifs is 2. The van der Waals surface area contributed by atoms with Crippen LogP contribution in [0, 0.1) is 0 Å². The van der Waals surface area contributed by atoms with E-state index in [0.717, 1.165) is 15.5 Å². The molecule has 6 rings (SSSR count). The molecule has 0 saturated heterocycles. The summed E-state index contributed by atoms with van der Waals surface area (Å²) < 4.78 is 31.1. The first kappa shape index (κ1) is 27.3. The van der Waals surface area contributed by atoms with Crippen molar-refractivity contribution in [2.75, 3.05) is 6.61 Å². The molecule has 0 fully saturated rings. The molecule has 0 bridgehead atoms. The number of rotatable bonds is 6. The molecule has 210 valence electrons. The van der Waals surface area contributed by atoms with Crippen LogP contribution in [0.25, 0.3) is 44.9 Å². The Hall–Kier alpha value is -4.91. The van der Waals surface area contributed by atoms with Gasteiger partial charge in [0.15, 0.2) is 5.65 Å². The Morgan fingerprint density at radius 3 is 2.29 bits per heavy atom. The summed E-state index contributed by atoms with van der Waals surface area (Å²) in [6.07, 6.45) is 0. The Balaban J connectivity index is 1.71. The molecule has 0 atom stereocenters. The van der Waals surface area contributed by atoms with Crippen LogP contribution < -0.4 is 10.7 Å². The van der Waals surface area contributed by atoms with Gasteiger partial charge in [0.25, 0.3) is 5.56 Å². The van der Waals surface area contributed by atoms with Crippen molar-refractivity contribution >= 4 is 44.4 Å². The van der Waals surface area contributed by atoms with Crippen molar-refractivity contribution in [2.45, 2.75) is 11.8 Å². The maximum absolute atomic E-state index is 14.2. The molecule has 2 N–H and O–H groups in total. The lowest BCUT2D eigenvalue weighted by Gasteiger charge is -2.11. The van der Waals surface area contributed by atoms with Gasteiger partial charge in [0, 0.05) is 16.1 Å². The van der Waals surface area contributed by atoms with Crippen LogP contribution in [0.3, 0.4) is 0 Å². The van der Waals surface area contributed by atoms with E-state index in [4.69, 9.17) is 31.4 Å². The highest BCUT2D eigenvalue weighted by molar-refractivity contribution is 7.89. The number of esters is 1. The number of sulfonamides is 1. The molecule has 3 aromatic heterocycles. The van der Waals surface area contributed by atoms with Crippen molar-refractivity contribution in [2.24, 2.45) is 5.14 Å². The Labute approximate surface area is 243 Å². The molecule has 3 aromatic carbocycles. The average Bonchev–Trinajstić information content (AvgIpc) is 3.37. The van der Waals surface area contributed by atoms with Gasteiger partial charge >= 0.3 is 5.97 Å². The van der Waals surface area contributed by atoms with Crippen molar-refractivity contribution in [3.8, 4) is 28.1 Å². The van der Waals surface area contributed by atoms with Crippen LogP contribution in [-0.4, -0.2) is 45.1 Å². The maximum Gasteiger partial charge on any atom is 0.376 e. The van der Waals surface area contributed by atoms with Gasteiger partial charge in [0.2, 0.25) is 21.6 Å². The first-order valence-corrected chi connectivity index (χ1v) is 14.6. The van der Waals surface area contributed by atoms with E-state index in [1.54, 1.807) is 25.1 Å². The number of halogens is 1. The fourth-order valence-corrected chi connectivity index (χ4v) is 5.22. The van der Waals surface area contributed by atoms with Crippen molar-refractivity contribution in [3.05, 3.63) is 106 Å². The molecular formula is C29H21ClN6O5S. The number of pyridine rings is 1. The van der Waals surface area contributed by atoms with E-state index < -0.39 is 21.6 Å².